The lowest BCUT2D eigenvalue weighted by Crippen LogP contribution is -2.37. The van der Waals surface area contributed by atoms with Crippen LogP contribution in [0, 0.1) is 5.92 Å². The Labute approximate surface area is 137 Å². The zero-order valence-corrected chi connectivity index (χ0v) is 14.7. The van der Waals surface area contributed by atoms with Crippen LogP contribution in [0.4, 0.5) is 0 Å². The number of rotatable bonds is 5. The third kappa shape index (κ3) is 4.10. The van der Waals surface area contributed by atoms with Gasteiger partial charge in [-0.3, -0.25) is 0 Å². The van der Waals surface area contributed by atoms with Gasteiger partial charge in [-0.2, -0.15) is 5.10 Å². The van der Waals surface area contributed by atoms with Gasteiger partial charge in [0, 0.05) is 25.7 Å². The van der Waals surface area contributed by atoms with Gasteiger partial charge in [0.2, 0.25) is 10.0 Å². The molecule has 8 heteroatoms. The molecule has 2 aliphatic rings. The highest BCUT2D eigenvalue weighted by Gasteiger charge is 2.30. The van der Waals surface area contributed by atoms with Crippen molar-refractivity contribution in [3.63, 3.8) is 0 Å². The molecule has 0 saturated carbocycles. The monoisotopic (exact) mass is 342 g/mol. The molecule has 7 nitrogen and oxygen atoms in total. The second kappa shape index (κ2) is 6.86. The number of nitrogens with zero attached hydrogens (tertiary/aromatic N) is 3. The van der Waals surface area contributed by atoms with Crippen molar-refractivity contribution < 1.29 is 13.2 Å². The molecule has 0 spiro atoms. The standard InChI is InChI=1S/C15H26N4O3S/c1-11(2)14-16-15-13(4-3-7-19(15)17-14)18-23(20,21)10-12-5-8-22-9-6-12/h11-13,18H,3-10H2,1-2H3/t13-/m1/s1. The molecule has 0 amide bonds. The molecule has 130 valence electrons. The van der Waals surface area contributed by atoms with E-state index >= 15 is 0 Å². The number of hydrogen-bond acceptors (Lipinski definition) is 5. The van der Waals surface area contributed by atoms with Gasteiger partial charge in [-0.15, -0.1) is 0 Å². The zero-order chi connectivity index (χ0) is 16.4. The molecule has 1 atom stereocenters. The van der Waals surface area contributed by atoms with E-state index < -0.39 is 10.0 Å². The maximum absolute atomic E-state index is 12.5. The molecule has 0 aromatic carbocycles. The van der Waals surface area contributed by atoms with Gasteiger partial charge in [0.25, 0.3) is 0 Å². The Morgan fingerprint density at radius 3 is 2.74 bits per heavy atom. The summed E-state index contributed by atoms with van der Waals surface area (Å²) in [5, 5.41) is 4.50. The van der Waals surface area contributed by atoms with E-state index in [-0.39, 0.29) is 23.6 Å². The largest absolute Gasteiger partial charge is 0.381 e. The van der Waals surface area contributed by atoms with Gasteiger partial charge in [-0.1, -0.05) is 13.8 Å². The quantitative estimate of drug-likeness (QED) is 0.878. The summed E-state index contributed by atoms with van der Waals surface area (Å²) in [7, 11) is -3.32. The molecule has 3 heterocycles. The number of fused-ring (bicyclic) bond motifs is 1. The molecule has 0 aliphatic carbocycles. The minimum Gasteiger partial charge on any atom is -0.381 e. The fourth-order valence-corrected chi connectivity index (χ4v) is 4.92. The van der Waals surface area contributed by atoms with Crippen molar-refractivity contribution in [2.75, 3.05) is 19.0 Å². The summed E-state index contributed by atoms with van der Waals surface area (Å²) < 4.78 is 35.0. The van der Waals surface area contributed by atoms with Crippen molar-refractivity contribution in [2.24, 2.45) is 5.92 Å². The summed E-state index contributed by atoms with van der Waals surface area (Å²) in [4.78, 5) is 4.57. The van der Waals surface area contributed by atoms with Crippen molar-refractivity contribution in [3.8, 4) is 0 Å². The maximum atomic E-state index is 12.5. The minimum atomic E-state index is -3.32. The number of aryl methyl sites for hydroxylation is 1. The molecule has 1 aromatic heterocycles. The third-order valence-corrected chi connectivity index (χ3v) is 6.08. The predicted octanol–water partition coefficient (Wildman–Crippen LogP) is 1.58. The minimum absolute atomic E-state index is 0.179. The smallest absolute Gasteiger partial charge is 0.212 e. The highest BCUT2D eigenvalue weighted by Crippen LogP contribution is 2.26. The van der Waals surface area contributed by atoms with E-state index in [1.165, 1.54) is 0 Å². The Kier molecular flexibility index (Phi) is 5.03. The summed E-state index contributed by atoms with van der Waals surface area (Å²) in [5.41, 5.74) is 0. The zero-order valence-electron chi connectivity index (χ0n) is 13.9. The molecule has 2 aliphatic heterocycles. The predicted molar refractivity (Wildman–Crippen MR) is 86.6 cm³/mol. The topological polar surface area (TPSA) is 86.1 Å². The van der Waals surface area contributed by atoms with E-state index in [0.717, 1.165) is 43.9 Å². The Morgan fingerprint density at radius 1 is 1.30 bits per heavy atom. The highest BCUT2D eigenvalue weighted by molar-refractivity contribution is 7.89. The lowest BCUT2D eigenvalue weighted by molar-refractivity contribution is 0.0722. The van der Waals surface area contributed by atoms with E-state index in [4.69, 9.17) is 4.74 Å². The van der Waals surface area contributed by atoms with Crippen LogP contribution in [0.3, 0.4) is 0 Å². The fourth-order valence-electron chi connectivity index (χ4n) is 3.21. The van der Waals surface area contributed by atoms with Crippen molar-refractivity contribution in [3.05, 3.63) is 11.6 Å². The van der Waals surface area contributed by atoms with Gasteiger partial charge in [0.05, 0.1) is 11.8 Å². The molecule has 1 fully saturated rings. The Morgan fingerprint density at radius 2 is 2.04 bits per heavy atom. The number of aromatic nitrogens is 3. The van der Waals surface area contributed by atoms with Crippen LogP contribution in [0.2, 0.25) is 0 Å². The first-order valence-corrected chi connectivity index (χ1v) is 10.1. The Bertz CT molecular complexity index is 635. The number of ether oxygens (including phenoxy) is 1. The molecular weight excluding hydrogens is 316 g/mol. The average Bonchev–Trinajstić information content (AvgIpc) is 2.93. The third-order valence-electron chi connectivity index (χ3n) is 4.53. The SMILES string of the molecule is CC(C)c1nc2n(n1)CCC[C@H]2NS(=O)(=O)CC1CCOCC1. The summed E-state index contributed by atoms with van der Waals surface area (Å²) in [6.07, 6.45) is 3.33. The lowest BCUT2D eigenvalue weighted by atomic mass is 10.0. The van der Waals surface area contributed by atoms with Crippen LogP contribution in [-0.2, 0) is 21.3 Å². The molecule has 1 saturated heterocycles. The Hall–Kier alpha value is -0.990. The lowest BCUT2D eigenvalue weighted by Gasteiger charge is -2.25. The van der Waals surface area contributed by atoms with Gasteiger partial charge in [0.15, 0.2) is 5.82 Å². The van der Waals surface area contributed by atoms with Crippen LogP contribution in [-0.4, -0.2) is 42.1 Å². The fraction of sp³-hybridized carbons (Fsp3) is 0.867. The molecule has 0 bridgehead atoms. The molecule has 3 rings (SSSR count). The summed E-state index contributed by atoms with van der Waals surface area (Å²) >= 11 is 0. The normalized spacial score (nSPS) is 23.2. The summed E-state index contributed by atoms with van der Waals surface area (Å²) in [5.74, 6) is 2.16. The van der Waals surface area contributed by atoms with Gasteiger partial charge in [0.1, 0.15) is 5.82 Å². The van der Waals surface area contributed by atoms with Crippen LogP contribution in [0.5, 0.6) is 0 Å². The van der Waals surface area contributed by atoms with Crippen LogP contribution < -0.4 is 4.72 Å². The first-order valence-electron chi connectivity index (χ1n) is 8.47. The molecule has 0 radical (unpaired) electrons. The van der Waals surface area contributed by atoms with E-state index in [9.17, 15) is 8.42 Å². The molecule has 0 unspecified atom stereocenters. The second-order valence-electron chi connectivity index (χ2n) is 6.86. The van der Waals surface area contributed by atoms with E-state index in [1.54, 1.807) is 0 Å². The van der Waals surface area contributed by atoms with Crippen molar-refractivity contribution >= 4 is 10.0 Å². The van der Waals surface area contributed by atoms with Crippen molar-refractivity contribution in [1.29, 1.82) is 0 Å². The van der Waals surface area contributed by atoms with Crippen LogP contribution in [0.25, 0.3) is 0 Å². The van der Waals surface area contributed by atoms with Crippen molar-refractivity contribution in [1.82, 2.24) is 19.5 Å². The van der Waals surface area contributed by atoms with Gasteiger partial charge in [-0.05, 0) is 31.6 Å². The number of nitrogens with one attached hydrogen (secondary N) is 1. The number of hydrogen-bond donors (Lipinski definition) is 1. The molecule has 1 aromatic rings. The van der Waals surface area contributed by atoms with Crippen molar-refractivity contribution in [2.45, 2.75) is 58.0 Å². The van der Waals surface area contributed by atoms with E-state index in [0.29, 0.717) is 13.2 Å². The van der Waals surface area contributed by atoms with Gasteiger partial charge in [-0.25, -0.2) is 22.8 Å². The molecular formula is C15H26N4O3S. The first kappa shape index (κ1) is 16.9. The van der Waals surface area contributed by atoms with Gasteiger partial charge < -0.3 is 4.74 Å². The maximum Gasteiger partial charge on any atom is 0.212 e. The Balaban J connectivity index is 1.70. The van der Waals surface area contributed by atoms with Crippen LogP contribution in [0.1, 0.15) is 63.1 Å². The van der Waals surface area contributed by atoms with E-state index in [1.807, 2.05) is 18.5 Å². The molecule has 23 heavy (non-hydrogen) atoms. The number of sulfonamides is 1. The highest BCUT2D eigenvalue weighted by atomic mass is 32.2. The summed E-state index contributed by atoms with van der Waals surface area (Å²) in [6, 6.07) is -0.256. The first-order chi connectivity index (χ1) is 10.9. The van der Waals surface area contributed by atoms with Crippen LogP contribution >= 0.6 is 0 Å². The van der Waals surface area contributed by atoms with Crippen LogP contribution in [0.15, 0.2) is 0 Å². The second-order valence-corrected chi connectivity index (χ2v) is 8.65. The van der Waals surface area contributed by atoms with Gasteiger partial charge >= 0.3 is 0 Å². The summed E-state index contributed by atoms with van der Waals surface area (Å²) in [6.45, 7) is 6.23. The molecule has 1 N–H and O–H groups in total. The average molecular weight is 342 g/mol. The van der Waals surface area contributed by atoms with E-state index in [2.05, 4.69) is 14.8 Å².